The van der Waals surface area contributed by atoms with E-state index in [1.165, 1.54) is 12.0 Å². The second-order valence-electron chi connectivity index (χ2n) is 11.2. The fraction of sp³-hybridized carbons (Fsp3) is 0.333. The Hall–Kier alpha value is -4.49. The molecule has 10 heteroatoms. The number of piperazine rings is 1. The average molecular weight is 534 g/mol. The van der Waals surface area contributed by atoms with E-state index in [1.54, 1.807) is 10.7 Å². The lowest BCUT2D eigenvalue weighted by Gasteiger charge is -2.56. The molecule has 4 saturated heterocycles. The summed E-state index contributed by atoms with van der Waals surface area (Å²) in [6, 6.07) is 13.8. The quantitative estimate of drug-likeness (QED) is 0.363. The van der Waals surface area contributed by atoms with Gasteiger partial charge in [-0.05, 0) is 48.7 Å². The highest BCUT2D eigenvalue weighted by molar-refractivity contribution is 5.86. The summed E-state index contributed by atoms with van der Waals surface area (Å²) in [4.78, 5) is 19.6. The standard InChI is InChI=1S/C30H28FN9/c31-23-4-6-37(15-23)24-9-27(29-22(10-32)13-36-40(29)18-24)21-1-2-28(34-12-21)38-16-25-8-26(17-38)39(25)14-19-7-20-3-5-33-30(20)35-11-19/h1-3,5,7,9,11-13,18,23,25-26H,4,6,8,14-17H2,(H,33,35). The lowest BCUT2D eigenvalue weighted by molar-refractivity contribution is -0.00871. The first-order chi connectivity index (χ1) is 19.6. The van der Waals surface area contributed by atoms with Crippen LogP contribution in [0, 0.1) is 11.3 Å². The van der Waals surface area contributed by atoms with E-state index < -0.39 is 6.17 Å². The topological polar surface area (TPSA) is 92.4 Å². The van der Waals surface area contributed by atoms with Gasteiger partial charge in [0, 0.05) is 79.9 Å². The fourth-order valence-corrected chi connectivity index (χ4v) is 6.68. The average Bonchev–Trinajstić information content (AvgIpc) is 3.75. The molecule has 0 spiro atoms. The number of H-pyrrole nitrogens is 1. The first-order valence-electron chi connectivity index (χ1n) is 13.8. The summed E-state index contributed by atoms with van der Waals surface area (Å²) in [5, 5.41) is 15.3. The highest BCUT2D eigenvalue weighted by atomic mass is 19.1. The van der Waals surface area contributed by atoms with Crippen molar-refractivity contribution >= 4 is 28.1 Å². The molecule has 9 nitrogen and oxygen atoms in total. The van der Waals surface area contributed by atoms with Gasteiger partial charge in [-0.15, -0.1) is 0 Å². The Balaban J connectivity index is 1.03. The molecule has 0 radical (unpaired) electrons. The number of halogens is 1. The zero-order valence-electron chi connectivity index (χ0n) is 21.9. The van der Waals surface area contributed by atoms with E-state index in [0.29, 0.717) is 37.2 Å². The van der Waals surface area contributed by atoms with Gasteiger partial charge in [0.25, 0.3) is 0 Å². The van der Waals surface area contributed by atoms with Crippen molar-refractivity contribution in [2.75, 3.05) is 36.0 Å². The van der Waals surface area contributed by atoms with Crippen LogP contribution in [0.3, 0.4) is 0 Å². The van der Waals surface area contributed by atoms with Gasteiger partial charge in [0.15, 0.2) is 0 Å². The van der Waals surface area contributed by atoms with Crippen LogP contribution in [-0.4, -0.2) is 73.9 Å². The lowest BCUT2D eigenvalue weighted by Crippen LogP contribution is -2.68. The molecule has 2 bridgehead atoms. The van der Waals surface area contributed by atoms with E-state index in [9.17, 15) is 9.65 Å². The first kappa shape index (κ1) is 23.4. The molecule has 5 aromatic heterocycles. The Morgan fingerprint density at radius 1 is 1.02 bits per heavy atom. The summed E-state index contributed by atoms with van der Waals surface area (Å²) in [5.41, 5.74) is 6.15. The third-order valence-electron chi connectivity index (χ3n) is 8.76. The smallest absolute Gasteiger partial charge is 0.137 e. The molecule has 3 atom stereocenters. The minimum atomic E-state index is -0.821. The van der Waals surface area contributed by atoms with Crippen LogP contribution in [-0.2, 0) is 6.54 Å². The Kier molecular flexibility index (Phi) is 5.28. The van der Waals surface area contributed by atoms with E-state index in [-0.39, 0.29) is 0 Å². The molecule has 1 N–H and O–H groups in total. The minimum Gasteiger partial charge on any atom is -0.367 e. The number of hydrogen-bond acceptors (Lipinski definition) is 7. The number of nitriles is 1. The largest absolute Gasteiger partial charge is 0.367 e. The van der Waals surface area contributed by atoms with Crippen molar-refractivity contribution in [2.45, 2.75) is 37.6 Å². The molecule has 4 fully saturated rings. The van der Waals surface area contributed by atoms with Crippen molar-refractivity contribution in [1.82, 2.24) is 29.5 Å². The fourth-order valence-electron chi connectivity index (χ4n) is 6.68. The second-order valence-corrected chi connectivity index (χ2v) is 11.2. The summed E-state index contributed by atoms with van der Waals surface area (Å²) in [6.45, 7) is 3.86. The third-order valence-corrected chi connectivity index (χ3v) is 8.76. The maximum atomic E-state index is 14.0. The number of rotatable bonds is 5. The van der Waals surface area contributed by atoms with Gasteiger partial charge < -0.3 is 14.8 Å². The molecule has 9 rings (SSSR count). The highest BCUT2D eigenvalue weighted by Gasteiger charge is 2.44. The van der Waals surface area contributed by atoms with Gasteiger partial charge in [0.05, 0.1) is 29.2 Å². The van der Waals surface area contributed by atoms with E-state index >= 15 is 0 Å². The maximum absolute atomic E-state index is 14.0. The van der Waals surface area contributed by atoms with E-state index in [4.69, 9.17) is 4.98 Å². The normalized spacial score (nSPS) is 22.6. The predicted molar refractivity (Wildman–Crippen MR) is 151 cm³/mol. The number of fused-ring (bicyclic) bond motifs is 4. The SMILES string of the molecule is N#Cc1cnn2cc(N3CCC(F)C3)cc(-c3ccc(N4CC5CC(C4)N5Cc4cnc5[nH]ccc5c4)nc3)c12. The number of hydrogen-bond donors (Lipinski definition) is 1. The van der Waals surface area contributed by atoms with Crippen molar-refractivity contribution in [1.29, 1.82) is 5.26 Å². The van der Waals surface area contributed by atoms with Crippen molar-refractivity contribution in [2.24, 2.45) is 0 Å². The molecule has 3 unspecified atom stereocenters. The van der Waals surface area contributed by atoms with Crippen molar-refractivity contribution in [3.8, 4) is 17.2 Å². The number of aromatic amines is 1. The molecular weight excluding hydrogens is 505 g/mol. The van der Waals surface area contributed by atoms with Crippen LogP contribution in [0.4, 0.5) is 15.9 Å². The Morgan fingerprint density at radius 3 is 2.70 bits per heavy atom. The number of pyridine rings is 3. The van der Waals surface area contributed by atoms with Gasteiger partial charge in [-0.1, -0.05) is 0 Å². The van der Waals surface area contributed by atoms with E-state index in [0.717, 1.165) is 58.8 Å². The zero-order chi connectivity index (χ0) is 26.8. The molecule has 5 aromatic rings. The number of alkyl halides is 1. The first-order valence-corrected chi connectivity index (χ1v) is 13.8. The molecule has 4 aliphatic rings. The van der Waals surface area contributed by atoms with Crippen molar-refractivity contribution in [3.63, 3.8) is 0 Å². The monoisotopic (exact) mass is 533 g/mol. The summed E-state index contributed by atoms with van der Waals surface area (Å²) < 4.78 is 15.7. The Morgan fingerprint density at radius 2 is 1.93 bits per heavy atom. The van der Waals surface area contributed by atoms with Crippen LogP contribution < -0.4 is 9.80 Å². The second kappa shape index (κ2) is 9.03. The predicted octanol–water partition coefficient (Wildman–Crippen LogP) is 4.16. The summed E-state index contributed by atoms with van der Waals surface area (Å²) in [7, 11) is 0. The van der Waals surface area contributed by atoms with Gasteiger partial charge >= 0.3 is 0 Å². The maximum Gasteiger partial charge on any atom is 0.137 e. The van der Waals surface area contributed by atoms with Crippen LogP contribution in [0.15, 0.2) is 61.3 Å². The lowest BCUT2D eigenvalue weighted by atomic mass is 9.87. The molecule has 0 amide bonds. The molecule has 9 heterocycles. The van der Waals surface area contributed by atoms with Gasteiger partial charge in [-0.25, -0.2) is 18.9 Å². The van der Waals surface area contributed by atoms with Crippen LogP contribution in [0.1, 0.15) is 24.0 Å². The van der Waals surface area contributed by atoms with Gasteiger partial charge in [0.2, 0.25) is 0 Å². The highest BCUT2D eigenvalue weighted by Crippen LogP contribution is 2.37. The van der Waals surface area contributed by atoms with E-state index in [1.807, 2.05) is 35.8 Å². The molecule has 0 saturated carbocycles. The van der Waals surface area contributed by atoms with Crippen LogP contribution in [0.2, 0.25) is 0 Å². The minimum absolute atomic E-state index is 0.375. The van der Waals surface area contributed by atoms with Gasteiger partial charge in [-0.3, -0.25) is 4.90 Å². The summed E-state index contributed by atoms with van der Waals surface area (Å²) in [6.07, 6.45) is 10.2. The summed E-state index contributed by atoms with van der Waals surface area (Å²) >= 11 is 0. The van der Waals surface area contributed by atoms with Gasteiger partial charge in [0.1, 0.15) is 23.7 Å². The molecule has 40 heavy (non-hydrogen) atoms. The van der Waals surface area contributed by atoms with Crippen LogP contribution in [0.5, 0.6) is 0 Å². The Bertz CT molecular complexity index is 1760. The number of nitrogens with zero attached hydrogens (tertiary/aromatic N) is 8. The molecule has 200 valence electrons. The number of anilines is 2. The zero-order valence-corrected chi connectivity index (χ0v) is 21.9. The molecule has 4 aliphatic heterocycles. The molecule has 0 aromatic carbocycles. The van der Waals surface area contributed by atoms with Crippen molar-refractivity contribution in [3.05, 3.63) is 72.4 Å². The number of aromatic nitrogens is 5. The Labute approximate surface area is 230 Å². The van der Waals surface area contributed by atoms with Crippen LogP contribution >= 0.6 is 0 Å². The van der Waals surface area contributed by atoms with E-state index in [2.05, 4.69) is 55.2 Å². The van der Waals surface area contributed by atoms with Gasteiger partial charge in [-0.2, -0.15) is 10.4 Å². The van der Waals surface area contributed by atoms with Crippen molar-refractivity contribution < 1.29 is 4.39 Å². The summed E-state index contributed by atoms with van der Waals surface area (Å²) in [5.74, 6) is 0.967. The third kappa shape index (κ3) is 3.80. The molecule has 0 aliphatic carbocycles. The van der Waals surface area contributed by atoms with Crippen LogP contribution in [0.25, 0.3) is 27.7 Å². The number of nitrogens with one attached hydrogen (secondary N) is 1. The number of piperidine rings is 1. The molecular formula is C30H28FN9.